The molecule has 2 aromatic rings. The molecule has 1 saturated carbocycles. The van der Waals surface area contributed by atoms with Gasteiger partial charge in [0.25, 0.3) is 0 Å². The zero-order chi connectivity index (χ0) is 14.8. The summed E-state index contributed by atoms with van der Waals surface area (Å²) in [6.45, 7) is 4.66. The minimum absolute atomic E-state index is 0.00277. The molecule has 0 atom stereocenters. The summed E-state index contributed by atoms with van der Waals surface area (Å²) in [5, 5.41) is 2.25. The standard InChI is InChI=1S/C14H17ClN4OS/c1-9(2)20-14-17-12(15)16-13(18-14)19(10-5-6-10)8-11-4-3-7-21-11/h3-4,7,9-10H,5-6,8H2,1-2H3. The van der Waals surface area contributed by atoms with Crippen LogP contribution in [0.15, 0.2) is 17.5 Å². The summed E-state index contributed by atoms with van der Waals surface area (Å²) in [5.74, 6) is 0.599. The number of aromatic nitrogens is 3. The highest BCUT2D eigenvalue weighted by Crippen LogP contribution is 2.32. The van der Waals surface area contributed by atoms with Crippen molar-refractivity contribution in [2.45, 2.75) is 45.4 Å². The molecule has 0 radical (unpaired) electrons. The van der Waals surface area contributed by atoms with Gasteiger partial charge in [0.05, 0.1) is 12.6 Å². The van der Waals surface area contributed by atoms with Crippen molar-refractivity contribution >= 4 is 28.9 Å². The van der Waals surface area contributed by atoms with Crippen LogP contribution in [-0.2, 0) is 6.54 Å². The number of hydrogen-bond donors (Lipinski definition) is 0. The highest BCUT2D eigenvalue weighted by Gasteiger charge is 2.32. The summed E-state index contributed by atoms with van der Waals surface area (Å²) >= 11 is 7.75. The lowest BCUT2D eigenvalue weighted by atomic mass is 10.4. The monoisotopic (exact) mass is 324 g/mol. The van der Waals surface area contributed by atoms with E-state index in [4.69, 9.17) is 16.3 Å². The lowest BCUT2D eigenvalue weighted by molar-refractivity contribution is 0.221. The van der Waals surface area contributed by atoms with E-state index in [-0.39, 0.29) is 17.4 Å². The van der Waals surface area contributed by atoms with Crippen LogP contribution in [0.4, 0.5) is 5.95 Å². The van der Waals surface area contributed by atoms with Gasteiger partial charge in [0.2, 0.25) is 11.2 Å². The van der Waals surface area contributed by atoms with Gasteiger partial charge in [-0.05, 0) is 49.7 Å². The fourth-order valence-corrected chi connectivity index (χ4v) is 2.88. The number of halogens is 1. The second-order valence-electron chi connectivity index (χ2n) is 5.29. The molecule has 1 aliphatic rings. The van der Waals surface area contributed by atoms with Crippen molar-refractivity contribution in [2.75, 3.05) is 4.90 Å². The second-order valence-corrected chi connectivity index (χ2v) is 6.66. The number of nitrogens with zero attached hydrogens (tertiary/aromatic N) is 4. The van der Waals surface area contributed by atoms with Crippen molar-refractivity contribution in [2.24, 2.45) is 0 Å². The third-order valence-corrected chi connectivity index (χ3v) is 4.10. The maximum atomic E-state index is 6.02. The Balaban J connectivity index is 1.86. The largest absolute Gasteiger partial charge is 0.461 e. The molecule has 2 heterocycles. The first-order valence-electron chi connectivity index (χ1n) is 6.99. The zero-order valence-electron chi connectivity index (χ0n) is 12.0. The predicted octanol–water partition coefficient (Wildman–Crippen LogP) is 3.54. The first-order chi connectivity index (χ1) is 10.1. The minimum Gasteiger partial charge on any atom is -0.461 e. The molecule has 0 N–H and O–H groups in total. The van der Waals surface area contributed by atoms with Crippen molar-refractivity contribution in [3.63, 3.8) is 0 Å². The molecule has 21 heavy (non-hydrogen) atoms. The van der Waals surface area contributed by atoms with Gasteiger partial charge < -0.3 is 9.64 Å². The first-order valence-corrected chi connectivity index (χ1v) is 8.25. The number of thiophene rings is 1. The van der Waals surface area contributed by atoms with Gasteiger partial charge in [-0.25, -0.2) is 0 Å². The van der Waals surface area contributed by atoms with E-state index in [1.807, 2.05) is 13.8 Å². The van der Waals surface area contributed by atoms with Gasteiger partial charge >= 0.3 is 6.01 Å². The van der Waals surface area contributed by atoms with Gasteiger partial charge in [-0.15, -0.1) is 11.3 Å². The number of anilines is 1. The molecule has 112 valence electrons. The maximum absolute atomic E-state index is 6.02. The molecule has 0 bridgehead atoms. The Labute approximate surface area is 133 Å². The Morgan fingerprint density at radius 1 is 1.38 bits per heavy atom. The molecule has 0 spiro atoms. The highest BCUT2D eigenvalue weighted by atomic mass is 35.5. The highest BCUT2D eigenvalue weighted by molar-refractivity contribution is 7.09. The average molecular weight is 325 g/mol. The van der Waals surface area contributed by atoms with Crippen LogP contribution in [0.2, 0.25) is 5.28 Å². The summed E-state index contributed by atoms with van der Waals surface area (Å²) in [6, 6.07) is 4.95. The van der Waals surface area contributed by atoms with Crippen LogP contribution in [0.25, 0.3) is 0 Å². The maximum Gasteiger partial charge on any atom is 0.322 e. The van der Waals surface area contributed by atoms with Crippen molar-refractivity contribution in [1.82, 2.24) is 15.0 Å². The van der Waals surface area contributed by atoms with Crippen molar-refractivity contribution in [3.8, 4) is 6.01 Å². The Hall–Kier alpha value is -1.40. The van der Waals surface area contributed by atoms with Gasteiger partial charge in [0.1, 0.15) is 0 Å². The summed E-state index contributed by atoms with van der Waals surface area (Å²) in [4.78, 5) is 16.2. The van der Waals surface area contributed by atoms with Crippen molar-refractivity contribution < 1.29 is 4.74 Å². The molecule has 7 heteroatoms. The van der Waals surface area contributed by atoms with Gasteiger partial charge in [0, 0.05) is 10.9 Å². The van der Waals surface area contributed by atoms with Crippen LogP contribution in [0.3, 0.4) is 0 Å². The molecule has 0 aromatic carbocycles. The van der Waals surface area contributed by atoms with Crippen LogP contribution in [0.1, 0.15) is 31.6 Å². The van der Waals surface area contributed by atoms with Gasteiger partial charge in [0.15, 0.2) is 0 Å². The second kappa shape index (κ2) is 6.15. The molecule has 0 unspecified atom stereocenters. The van der Waals surface area contributed by atoms with Crippen LogP contribution in [-0.4, -0.2) is 27.1 Å². The third-order valence-electron chi connectivity index (χ3n) is 3.07. The number of ether oxygens (including phenoxy) is 1. The van der Waals surface area contributed by atoms with Crippen LogP contribution >= 0.6 is 22.9 Å². The first kappa shape index (κ1) is 14.5. The number of rotatable bonds is 6. The Bertz CT molecular complexity index is 601. The lowest BCUT2D eigenvalue weighted by Crippen LogP contribution is -2.27. The average Bonchev–Trinajstić information content (AvgIpc) is 3.11. The molecule has 5 nitrogen and oxygen atoms in total. The minimum atomic E-state index is 0.00277. The van der Waals surface area contributed by atoms with Crippen LogP contribution < -0.4 is 9.64 Å². The quantitative estimate of drug-likeness (QED) is 0.813. The smallest absolute Gasteiger partial charge is 0.322 e. The normalized spacial score (nSPS) is 14.5. The third kappa shape index (κ3) is 3.83. The lowest BCUT2D eigenvalue weighted by Gasteiger charge is -2.22. The van der Waals surface area contributed by atoms with E-state index in [2.05, 4.69) is 37.4 Å². The van der Waals surface area contributed by atoms with E-state index in [1.54, 1.807) is 11.3 Å². The van der Waals surface area contributed by atoms with Crippen LogP contribution in [0, 0.1) is 0 Å². The molecule has 0 saturated heterocycles. The topological polar surface area (TPSA) is 51.1 Å². The van der Waals surface area contributed by atoms with E-state index in [0.29, 0.717) is 12.0 Å². The van der Waals surface area contributed by atoms with Gasteiger partial charge in [-0.1, -0.05) is 6.07 Å². The SMILES string of the molecule is CC(C)Oc1nc(Cl)nc(N(Cc2cccs2)C2CC2)n1. The molecule has 1 fully saturated rings. The zero-order valence-corrected chi connectivity index (χ0v) is 13.6. The van der Waals surface area contributed by atoms with Crippen molar-refractivity contribution in [3.05, 3.63) is 27.7 Å². The molecular weight excluding hydrogens is 308 g/mol. The van der Waals surface area contributed by atoms with Gasteiger partial charge in [-0.3, -0.25) is 0 Å². The molecule has 3 rings (SSSR count). The Morgan fingerprint density at radius 2 is 2.19 bits per heavy atom. The summed E-state index contributed by atoms with van der Waals surface area (Å²) in [5.41, 5.74) is 0. The molecule has 0 aliphatic heterocycles. The Morgan fingerprint density at radius 3 is 2.81 bits per heavy atom. The predicted molar refractivity (Wildman–Crippen MR) is 84.1 cm³/mol. The summed E-state index contributed by atoms with van der Waals surface area (Å²) < 4.78 is 5.55. The van der Waals surface area contributed by atoms with Crippen LogP contribution in [0.5, 0.6) is 6.01 Å². The van der Waals surface area contributed by atoms with E-state index in [0.717, 1.165) is 19.4 Å². The van der Waals surface area contributed by atoms with E-state index < -0.39 is 0 Å². The summed E-state index contributed by atoms with van der Waals surface area (Å²) in [6.07, 6.45) is 2.33. The molecule has 0 amide bonds. The Kier molecular flexibility index (Phi) is 4.26. The molecule has 1 aliphatic carbocycles. The van der Waals surface area contributed by atoms with Crippen molar-refractivity contribution in [1.29, 1.82) is 0 Å². The van der Waals surface area contributed by atoms with E-state index >= 15 is 0 Å². The summed E-state index contributed by atoms with van der Waals surface area (Å²) in [7, 11) is 0. The van der Waals surface area contributed by atoms with E-state index in [9.17, 15) is 0 Å². The number of hydrogen-bond acceptors (Lipinski definition) is 6. The molecule has 2 aromatic heterocycles. The van der Waals surface area contributed by atoms with Gasteiger partial charge in [-0.2, -0.15) is 15.0 Å². The molecular formula is C14H17ClN4OS. The fourth-order valence-electron chi connectivity index (χ4n) is 2.03. The fraction of sp³-hybridized carbons (Fsp3) is 0.500. The van der Waals surface area contributed by atoms with E-state index in [1.165, 1.54) is 4.88 Å².